The van der Waals surface area contributed by atoms with Crippen molar-refractivity contribution in [1.82, 2.24) is 10.6 Å². The summed E-state index contributed by atoms with van der Waals surface area (Å²) >= 11 is 5.93. The standard InChI is InChI=1S/C27H27ClN2O4/c1-19(31)29-25(22-12-14-23(28)15-13-22)17-27(33)34-18-26(32)30-24(21-10-6-3-7-11-21)16-20-8-4-2-5-9-20/h2-15,24-25H,16-18H2,1H3,(H,29,31)(H,30,32). The molecule has 3 aromatic carbocycles. The normalized spacial score (nSPS) is 12.3. The Morgan fingerprint density at radius 2 is 1.38 bits per heavy atom. The molecule has 0 spiro atoms. The van der Waals surface area contributed by atoms with Crippen molar-refractivity contribution >= 4 is 29.4 Å². The van der Waals surface area contributed by atoms with Crippen molar-refractivity contribution in [3.8, 4) is 0 Å². The molecular weight excluding hydrogens is 452 g/mol. The van der Waals surface area contributed by atoms with Crippen molar-refractivity contribution in [2.75, 3.05) is 6.61 Å². The smallest absolute Gasteiger partial charge is 0.308 e. The summed E-state index contributed by atoms with van der Waals surface area (Å²) in [6.07, 6.45) is 0.492. The lowest BCUT2D eigenvalue weighted by atomic mass is 9.99. The predicted molar refractivity (Wildman–Crippen MR) is 131 cm³/mol. The van der Waals surface area contributed by atoms with Crippen molar-refractivity contribution in [1.29, 1.82) is 0 Å². The van der Waals surface area contributed by atoms with Crippen molar-refractivity contribution in [2.45, 2.75) is 31.8 Å². The Bertz CT molecular complexity index is 1090. The van der Waals surface area contributed by atoms with Gasteiger partial charge in [-0.2, -0.15) is 0 Å². The zero-order valence-electron chi connectivity index (χ0n) is 18.9. The first-order chi connectivity index (χ1) is 16.4. The second-order valence-corrected chi connectivity index (χ2v) is 8.33. The molecule has 2 N–H and O–H groups in total. The van der Waals surface area contributed by atoms with Crippen LogP contribution in [0.15, 0.2) is 84.9 Å². The van der Waals surface area contributed by atoms with Crippen molar-refractivity contribution in [3.05, 3.63) is 107 Å². The van der Waals surface area contributed by atoms with Crippen LogP contribution in [-0.2, 0) is 25.5 Å². The molecule has 0 saturated carbocycles. The van der Waals surface area contributed by atoms with Gasteiger partial charge in [0.15, 0.2) is 6.61 Å². The molecule has 7 heteroatoms. The summed E-state index contributed by atoms with van der Waals surface area (Å²) in [5.41, 5.74) is 2.75. The van der Waals surface area contributed by atoms with Gasteiger partial charge in [-0.1, -0.05) is 84.4 Å². The predicted octanol–water partition coefficient (Wildman–Crippen LogP) is 4.55. The van der Waals surface area contributed by atoms with E-state index in [-0.39, 0.29) is 18.4 Å². The van der Waals surface area contributed by atoms with Crippen LogP contribution in [0.3, 0.4) is 0 Å². The Morgan fingerprint density at radius 1 is 0.794 bits per heavy atom. The van der Waals surface area contributed by atoms with Gasteiger partial charge in [-0.25, -0.2) is 0 Å². The van der Waals surface area contributed by atoms with E-state index in [0.717, 1.165) is 11.1 Å². The number of benzene rings is 3. The van der Waals surface area contributed by atoms with E-state index < -0.39 is 24.5 Å². The highest BCUT2D eigenvalue weighted by molar-refractivity contribution is 6.30. The first-order valence-electron chi connectivity index (χ1n) is 11.0. The Morgan fingerprint density at radius 3 is 2.00 bits per heavy atom. The van der Waals surface area contributed by atoms with E-state index in [0.29, 0.717) is 17.0 Å². The molecular formula is C27H27ClN2O4. The minimum absolute atomic E-state index is 0.110. The minimum atomic E-state index is -0.594. The fraction of sp³-hybridized carbons (Fsp3) is 0.222. The summed E-state index contributed by atoms with van der Waals surface area (Å²) in [6, 6.07) is 25.5. The van der Waals surface area contributed by atoms with Crippen LogP contribution in [0.2, 0.25) is 5.02 Å². The van der Waals surface area contributed by atoms with Crippen LogP contribution in [0.1, 0.15) is 42.1 Å². The van der Waals surface area contributed by atoms with Gasteiger partial charge in [0.2, 0.25) is 5.91 Å². The second-order valence-electron chi connectivity index (χ2n) is 7.89. The zero-order chi connectivity index (χ0) is 24.3. The molecule has 0 aliphatic rings. The third-order valence-corrected chi connectivity index (χ3v) is 5.46. The second kappa shape index (κ2) is 12.6. The average molecular weight is 479 g/mol. The summed E-state index contributed by atoms with van der Waals surface area (Å²) in [6.45, 7) is 0.961. The number of rotatable bonds is 10. The van der Waals surface area contributed by atoms with Crippen LogP contribution in [0, 0.1) is 0 Å². The minimum Gasteiger partial charge on any atom is -0.456 e. The molecule has 0 bridgehead atoms. The monoisotopic (exact) mass is 478 g/mol. The third kappa shape index (κ3) is 8.05. The van der Waals surface area contributed by atoms with E-state index in [1.807, 2.05) is 60.7 Å². The van der Waals surface area contributed by atoms with Crippen LogP contribution in [-0.4, -0.2) is 24.4 Å². The Kier molecular flexibility index (Phi) is 9.23. The molecule has 2 unspecified atom stereocenters. The number of halogens is 1. The van der Waals surface area contributed by atoms with Gasteiger partial charge < -0.3 is 15.4 Å². The Labute approximate surface area is 204 Å². The van der Waals surface area contributed by atoms with Gasteiger partial charge in [0.1, 0.15) is 0 Å². The molecule has 0 aromatic heterocycles. The number of hydrogen-bond acceptors (Lipinski definition) is 4. The van der Waals surface area contributed by atoms with Gasteiger partial charge in [-0.15, -0.1) is 0 Å². The molecule has 0 saturated heterocycles. The number of esters is 1. The zero-order valence-corrected chi connectivity index (χ0v) is 19.6. The molecule has 0 aliphatic carbocycles. The highest BCUT2D eigenvalue weighted by Crippen LogP contribution is 2.21. The van der Waals surface area contributed by atoms with E-state index in [1.165, 1.54) is 6.92 Å². The van der Waals surface area contributed by atoms with Gasteiger partial charge in [0, 0.05) is 11.9 Å². The van der Waals surface area contributed by atoms with Crippen LogP contribution >= 0.6 is 11.6 Å². The van der Waals surface area contributed by atoms with Gasteiger partial charge in [-0.05, 0) is 35.2 Å². The van der Waals surface area contributed by atoms with Crippen molar-refractivity contribution in [3.63, 3.8) is 0 Å². The topological polar surface area (TPSA) is 84.5 Å². The number of nitrogens with one attached hydrogen (secondary N) is 2. The first-order valence-corrected chi connectivity index (χ1v) is 11.3. The van der Waals surface area contributed by atoms with Gasteiger partial charge in [0.05, 0.1) is 18.5 Å². The molecule has 0 fully saturated rings. The van der Waals surface area contributed by atoms with Crippen molar-refractivity contribution < 1.29 is 19.1 Å². The first kappa shape index (κ1) is 25.0. The Balaban J connectivity index is 1.59. The number of carbonyl (C=O) groups excluding carboxylic acids is 3. The number of hydrogen-bond donors (Lipinski definition) is 2. The van der Waals surface area contributed by atoms with Gasteiger partial charge >= 0.3 is 5.97 Å². The fourth-order valence-electron chi connectivity index (χ4n) is 3.59. The SMILES string of the molecule is CC(=O)NC(CC(=O)OCC(=O)NC(Cc1ccccc1)c1ccccc1)c1ccc(Cl)cc1. The lowest BCUT2D eigenvalue weighted by molar-refractivity contribution is -0.149. The van der Waals surface area contributed by atoms with Crippen LogP contribution in [0.25, 0.3) is 0 Å². The molecule has 6 nitrogen and oxygen atoms in total. The summed E-state index contributed by atoms with van der Waals surface area (Å²) in [5, 5.41) is 6.24. The maximum Gasteiger partial charge on any atom is 0.308 e. The van der Waals surface area contributed by atoms with Gasteiger partial charge in [0.25, 0.3) is 5.91 Å². The quantitative estimate of drug-likeness (QED) is 0.419. The highest BCUT2D eigenvalue weighted by Gasteiger charge is 2.20. The maximum atomic E-state index is 12.6. The molecule has 3 rings (SSSR count). The molecule has 3 aromatic rings. The lowest BCUT2D eigenvalue weighted by Gasteiger charge is -2.20. The molecule has 0 radical (unpaired) electrons. The number of amides is 2. The van der Waals surface area contributed by atoms with E-state index >= 15 is 0 Å². The van der Waals surface area contributed by atoms with E-state index in [4.69, 9.17) is 16.3 Å². The van der Waals surface area contributed by atoms with Crippen molar-refractivity contribution in [2.24, 2.45) is 0 Å². The Hall–Kier alpha value is -3.64. The fourth-order valence-corrected chi connectivity index (χ4v) is 3.71. The summed E-state index contributed by atoms with van der Waals surface area (Å²) in [4.78, 5) is 36.7. The number of carbonyl (C=O) groups is 3. The van der Waals surface area contributed by atoms with Crippen LogP contribution in [0.4, 0.5) is 0 Å². The van der Waals surface area contributed by atoms with E-state index in [1.54, 1.807) is 24.3 Å². The molecule has 34 heavy (non-hydrogen) atoms. The summed E-state index contributed by atoms with van der Waals surface area (Å²) in [5.74, 6) is -1.28. The lowest BCUT2D eigenvalue weighted by Crippen LogP contribution is -2.34. The van der Waals surface area contributed by atoms with E-state index in [9.17, 15) is 14.4 Å². The van der Waals surface area contributed by atoms with Gasteiger partial charge in [-0.3, -0.25) is 14.4 Å². The van der Waals surface area contributed by atoms with Crippen LogP contribution < -0.4 is 10.6 Å². The molecule has 0 aliphatic heterocycles. The number of ether oxygens (including phenoxy) is 1. The average Bonchev–Trinajstić information content (AvgIpc) is 2.83. The molecule has 2 amide bonds. The summed E-state index contributed by atoms with van der Waals surface area (Å²) < 4.78 is 5.22. The third-order valence-electron chi connectivity index (χ3n) is 5.20. The molecule has 2 atom stereocenters. The summed E-state index contributed by atoms with van der Waals surface area (Å²) in [7, 11) is 0. The van der Waals surface area contributed by atoms with E-state index in [2.05, 4.69) is 10.6 Å². The maximum absolute atomic E-state index is 12.6. The molecule has 176 valence electrons. The molecule has 0 heterocycles. The van der Waals surface area contributed by atoms with Crippen LogP contribution in [0.5, 0.6) is 0 Å². The largest absolute Gasteiger partial charge is 0.456 e. The highest BCUT2D eigenvalue weighted by atomic mass is 35.5.